The van der Waals surface area contributed by atoms with Gasteiger partial charge >= 0.3 is 0 Å². The minimum atomic E-state index is 1.23. The summed E-state index contributed by atoms with van der Waals surface area (Å²) in [5, 5.41) is 15.5. The molecular weight excluding hydrogens is 577 g/mol. The Morgan fingerprint density at radius 3 is 1.12 bits per heavy atom. The van der Waals surface area contributed by atoms with Crippen LogP contribution in [0.1, 0.15) is 0 Å². The van der Waals surface area contributed by atoms with Gasteiger partial charge in [-0.15, -0.1) is 0 Å². The lowest BCUT2D eigenvalue weighted by molar-refractivity contribution is 1.61. The molecule has 10 aromatic rings. The van der Waals surface area contributed by atoms with E-state index in [2.05, 4.69) is 182 Å². The van der Waals surface area contributed by atoms with Gasteiger partial charge in [0.2, 0.25) is 0 Å². The minimum absolute atomic E-state index is 1.23. The Morgan fingerprint density at radius 2 is 0.562 bits per heavy atom. The summed E-state index contributed by atoms with van der Waals surface area (Å²) in [6.45, 7) is 0. The third-order valence-corrected chi connectivity index (χ3v) is 10.2. The van der Waals surface area contributed by atoms with Crippen molar-refractivity contribution in [2.24, 2.45) is 0 Å². The first kappa shape index (κ1) is 26.9. The summed E-state index contributed by atoms with van der Waals surface area (Å²) >= 11 is 0. The lowest BCUT2D eigenvalue weighted by atomic mass is 9.82. The van der Waals surface area contributed by atoms with Crippen LogP contribution in [0.2, 0.25) is 0 Å². The van der Waals surface area contributed by atoms with Gasteiger partial charge in [-0.3, -0.25) is 0 Å². The molecule has 0 aliphatic heterocycles. The Kier molecular flexibility index (Phi) is 5.98. The molecule has 0 aromatic heterocycles. The van der Waals surface area contributed by atoms with Gasteiger partial charge in [0.25, 0.3) is 0 Å². The first-order valence-corrected chi connectivity index (χ1v) is 16.7. The van der Waals surface area contributed by atoms with E-state index in [-0.39, 0.29) is 0 Å². The summed E-state index contributed by atoms with van der Waals surface area (Å²) in [6, 6.07) is 67.0. The predicted octanol–water partition coefficient (Wildman–Crippen LogP) is 13.6. The second-order valence-electron chi connectivity index (χ2n) is 12.8. The Bertz CT molecular complexity index is 2800. The highest BCUT2D eigenvalue weighted by Crippen LogP contribution is 2.48. The fourth-order valence-corrected chi connectivity index (χ4v) is 8.16. The van der Waals surface area contributed by atoms with Gasteiger partial charge in [-0.2, -0.15) is 0 Å². The number of rotatable bonds is 3. The molecule has 222 valence electrons. The van der Waals surface area contributed by atoms with Gasteiger partial charge in [0.1, 0.15) is 0 Å². The van der Waals surface area contributed by atoms with Gasteiger partial charge < -0.3 is 0 Å². The quantitative estimate of drug-likeness (QED) is 0.139. The van der Waals surface area contributed by atoms with Crippen LogP contribution in [0, 0.1) is 0 Å². The van der Waals surface area contributed by atoms with Crippen LogP contribution in [0.3, 0.4) is 0 Å². The summed E-state index contributed by atoms with van der Waals surface area (Å²) < 4.78 is 0. The monoisotopic (exact) mass is 606 g/mol. The molecule has 0 unspecified atom stereocenters. The fraction of sp³-hybridized carbons (Fsp3) is 0. The van der Waals surface area contributed by atoms with Crippen molar-refractivity contribution in [2.75, 3.05) is 0 Å². The Hall–Kier alpha value is -6.24. The molecule has 0 amide bonds. The lowest BCUT2D eigenvalue weighted by Gasteiger charge is -2.21. The van der Waals surface area contributed by atoms with Crippen LogP contribution in [0.5, 0.6) is 0 Å². The standard InChI is InChI=1S/C48H30/c1-2-14-31(15-3-1)32-26-28-33(29-27-32)46-40-22-10-12-24-42(40)48(43-25-13-11-23-41(43)46)45-30-44-36-18-5-4-16-34(36)35-17-6-8-20-38(35)47(44)39-21-9-7-19-37(39)45/h1-30H. The maximum atomic E-state index is 2.48. The van der Waals surface area contributed by atoms with Gasteiger partial charge in [0.05, 0.1) is 0 Å². The highest BCUT2D eigenvalue weighted by molar-refractivity contribution is 6.34. The number of fused-ring (bicyclic) bond motifs is 10. The molecule has 0 atom stereocenters. The first-order chi connectivity index (χ1) is 23.8. The molecule has 0 nitrogen and oxygen atoms in total. The third-order valence-electron chi connectivity index (χ3n) is 10.2. The van der Waals surface area contributed by atoms with Crippen LogP contribution >= 0.6 is 0 Å². The second-order valence-corrected chi connectivity index (χ2v) is 12.8. The topological polar surface area (TPSA) is 0 Å². The van der Waals surface area contributed by atoms with Gasteiger partial charge in [-0.05, 0) is 104 Å². The van der Waals surface area contributed by atoms with Gasteiger partial charge in [0, 0.05) is 0 Å². The van der Waals surface area contributed by atoms with E-state index in [0.29, 0.717) is 0 Å². The summed E-state index contributed by atoms with van der Waals surface area (Å²) in [5.41, 5.74) is 7.54. The van der Waals surface area contributed by atoms with E-state index in [1.165, 1.54) is 98.0 Å². The number of hydrogen-bond donors (Lipinski definition) is 0. The van der Waals surface area contributed by atoms with E-state index < -0.39 is 0 Å². The molecule has 0 heteroatoms. The van der Waals surface area contributed by atoms with Crippen molar-refractivity contribution in [1.82, 2.24) is 0 Å². The van der Waals surface area contributed by atoms with Crippen LogP contribution < -0.4 is 0 Å². The van der Waals surface area contributed by atoms with E-state index in [0.717, 1.165) is 0 Å². The normalized spacial score (nSPS) is 11.8. The zero-order chi connectivity index (χ0) is 31.6. The average molecular weight is 607 g/mol. The molecule has 10 aromatic carbocycles. The molecule has 0 spiro atoms. The summed E-state index contributed by atoms with van der Waals surface area (Å²) in [5.74, 6) is 0. The minimum Gasteiger partial charge on any atom is -0.0622 e. The molecule has 0 aliphatic rings. The van der Waals surface area contributed by atoms with E-state index in [1.807, 2.05) is 0 Å². The van der Waals surface area contributed by atoms with Gasteiger partial charge in [0.15, 0.2) is 0 Å². The zero-order valence-electron chi connectivity index (χ0n) is 26.3. The van der Waals surface area contributed by atoms with Crippen molar-refractivity contribution in [2.45, 2.75) is 0 Å². The Morgan fingerprint density at radius 1 is 0.208 bits per heavy atom. The molecule has 0 N–H and O–H groups in total. The summed E-state index contributed by atoms with van der Waals surface area (Å²) in [6.07, 6.45) is 0. The van der Waals surface area contributed by atoms with Crippen LogP contribution in [-0.2, 0) is 0 Å². The molecular formula is C48H30. The Labute approximate surface area is 279 Å². The van der Waals surface area contributed by atoms with E-state index in [9.17, 15) is 0 Å². The van der Waals surface area contributed by atoms with Gasteiger partial charge in [-0.25, -0.2) is 0 Å². The van der Waals surface area contributed by atoms with Crippen molar-refractivity contribution < 1.29 is 0 Å². The van der Waals surface area contributed by atoms with E-state index >= 15 is 0 Å². The second kappa shape index (κ2) is 10.7. The van der Waals surface area contributed by atoms with Crippen molar-refractivity contribution in [3.63, 3.8) is 0 Å². The number of hydrogen-bond acceptors (Lipinski definition) is 0. The molecule has 0 fully saturated rings. The third kappa shape index (κ3) is 3.96. The van der Waals surface area contributed by atoms with Crippen LogP contribution in [0.4, 0.5) is 0 Å². The van der Waals surface area contributed by atoms with E-state index in [1.54, 1.807) is 0 Å². The highest BCUT2D eigenvalue weighted by Gasteiger charge is 2.20. The molecule has 0 saturated heterocycles. The summed E-state index contributed by atoms with van der Waals surface area (Å²) in [4.78, 5) is 0. The van der Waals surface area contributed by atoms with Crippen molar-refractivity contribution in [3.05, 3.63) is 182 Å². The predicted molar refractivity (Wildman–Crippen MR) is 208 cm³/mol. The molecule has 0 heterocycles. The zero-order valence-corrected chi connectivity index (χ0v) is 26.3. The smallest absolute Gasteiger partial charge is 0.00199 e. The fourth-order valence-electron chi connectivity index (χ4n) is 8.16. The largest absolute Gasteiger partial charge is 0.0622 e. The van der Waals surface area contributed by atoms with E-state index in [4.69, 9.17) is 0 Å². The lowest BCUT2D eigenvalue weighted by Crippen LogP contribution is -1.93. The Balaban J connectivity index is 1.33. The van der Waals surface area contributed by atoms with Crippen LogP contribution in [-0.4, -0.2) is 0 Å². The maximum Gasteiger partial charge on any atom is -0.00199 e. The molecule has 0 saturated carbocycles. The highest BCUT2D eigenvalue weighted by atomic mass is 14.2. The van der Waals surface area contributed by atoms with Gasteiger partial charge in [-0.1, -0.05) is 176 Å². The maximum absolute atomic E-state index is 2.48. The van der Waals surface area contributed by atoms with Crippen molar-refractivity contribution >= 4 is 64.6 Å². The SMILES string of the molecule is c1ccc(-c2ccc(-c3c4ccccc4c(-c4cc5c6ccccc6c6ccccc6c5c5ccccc45)c4ccccc34)cc2)cc1. The molecule has 10 rings (SSSR count). The molecule has 0 radical (unpaired) electrons. The summed E-state index contributed by atoms with van der Waals surface area (Å²) in [7, 11) is 0. The van der Waals surface area contributed by atoms with Crippen LogP contribution in [0.15, 0.2) is 182 Å². The first-order valence-electron chi connectivity index (χ1n) is 16.7. The number of benzene rings is 10. The molecule has 0 aliphatic carbocycles. The van der Waals surface area contributed by atoms with Crippen LogP contribution in [0.25, 0.3) is 98.0 Å². The average Bonchev–Trinajstić information content (AvgIpc) is 3.17. The van der Waals surface area contributed by atoms with Crippen molar-refractivity contribution in [1.29, 1.82) is 0 Å². The van der Waals surface area contributed by atoms with Crippen molar-refractivity contribution in [3.8, 4) is 33.4 Å². The molecule has 0 bridgehead atoms. The molecule has 48 heavy (non-hydrogen) atoms.